The molecule has 1 N–H and O–H groups in total. The van der Waals surface area contributed by atoms with Gasteiger partial charge >= 0.3 is 5.97 Å². The Hall–Kier alpha value is -3.40. The van der Waals surface area contributed by atoms with Crippen LogP contribution in [0.25, 0.3) is 17.2 Å². The van der Waals surface area contributed by atoms with Crippen LogP contribution in [0.5, 0.6) is 0 Å². The van der Waals surface area contributed by atoms with Crippen molar-refractivity contribution in [3.05, 3.63) is 81.2 Å². The van der Waals surface area contributed by atoms with Gasteiger partial charge in [0.25, 0.3) is 5.91 Å². The number of esters is 1. The van der Waals surface area contributed by atoms with Crippen LogP contribution in [0, 0.1) is 11.3 Å². The molecular weight excluding hydrogens is 444 g/mol. The van der Waals surface area contributed by atoms with E-state index >= 15 is 0 Å². The van der Waals surface area contributed by atoms with E-state index in [-0.39, 0.29) is 17.7 Å². The van der Waals surface area contributed by atoms with E-state index in [2.05, 4.69) is 12.2 Å². The molecule has 32 heavy (non-hydrogen) atoms. The molecule has 1 heterocycles. The van der Waals surface area contributed by atoms with E-state index in [1.165, 1.54) is 23.0 Å². The molecule has 5 nitrogen and oxygen atoms in total. The first-order chi connectivity index (χ1) is 15.5. The number of amides is 1. The summed E-state index contributed by atoms with van der Waals surface area (Å²) in [5.41, 5.74) is 3.55. The summed E-state index contributed by atoms with van der Waals surface area (Å²) in [6.07, 6.45) is 2.38. The third kappa shape index (κ3) is 5.44. The van der Waals surface area contributed by atoms with Crippen molar-refractivity contribution in [2.45, 2.75) is 20.3 Å². The second-order valence-electron chi connectivity index (χ2n) is 6.80. The van der Waals surface area contributed by atoms with Gasteiger partial charge < -0.3 is 10.1 Å². The molecule has 0 bridgehead atoms. The third-order valence-electron chi connectivity index (χ3n) is 4.72. The molecule has 1 aromatic heterocycles. The van der Waals surface area contributed by atoms with Gasteiger partial charge in [-0.2, -0.15) is 5.26 Å². The Bertz CT molecular complexity index is 1190. The summed E-state index contributed by atoms with van der Waals surface area (Å²) < 4.78 is 5.23. The molecule has 0 aliphatic heterocycles. The molecule has 1 amide bonds. The summed E-state index contributed by atoms with van der Waals surface area (Å²) in [6, 6.07) is 16.6. The normalized spacial score (nSPS) is 11.0. The van der Waals surface area contributed by atoms with Crippen LogP contribution in [-0.2, 0) is 16.0 Å². The number of aryl methyl sites for hydroxylation is 1. The lowest BCUT2D eigenvalue weighted by atomic mass is 10.0. The van der Waals surface area contributed by atoms with E-state index in [9.17, 15) is 14.9 Å². The van der Waals surface area contributed by atoms with Gasteiger partial charge in [-0.05, 0) is 48.2 Å². The summed E-state index contributed by atoms with van der Waals surface area (Å²) in [6.45, 7) is 4.00. The fourth-order valence-corrected chi connectivity index (χ4v) is 4.11. The zero-order valence-electron chi connectivity index (χ0n) is 17.6. The fraction of sp³-hybridized carbons (Fsp3) is 0.160. The second kappa shape index (κ2) is 10.8. The number of carbonyl (C=O) groups is 2. The van der Waals surface area contributed by atoms with Gasteiger partial charge in [-0.3, -0.25) is 4.79 Å². The molecule has 0 saturated heterocycles. The summed E-state index contributed by atoms with van der Waals surface area (Å²) >= 11 is 7.10. The van der Waals surface area contributed by atoms with Crippen LogP contribution < -0.4 is 5.32 Å². The largest absolute Gasteiger partial charge is 0.462 e. The van der Waals surface area contributed by atoms with Crippen molar-refractivity contribution < 1.29 is 14.3 Å². The van der Waals surface area contributed by atoms with Crippen molar-refractivity contribution in [2.75, 3.05) is 11.9 Å². The number of carbonyl (C=O) groups excluding carboxylic acids is 2. The zero-order valence-corrected chi connectivity index (χ0v) is 19.2. The number of nitriles is 1. The van der Waals surface area contributed by atoms with Gasteiger partial charge in [0, 0.05) is 16.0 Å². The zero-order chi connectivity index (χ0) is 23.1. The number of anilines is 1. The lowest BCUT2D eigenvalue weighted by Gasteiger charge is -2.09. The topological polar surface area (TPSA) is 79.2 Å². The van der Waals surface area contributed by atoms with Crippen molar-refractivity contribution in [1.29, 1.82) is 5.26 Å². The van der Waals surface area contributed by atoms with Crippen LogP contribution in [0.1, 0.15) is 35.3 Å². The number of nitrogens with zero attached hydrogens (tertiary/aromatic N) is 1. The molecule has 162 valence electrons. The summed E-state index contributed by atoms with van der Waals surface area (Å²) in [5.74, 6) is -1.14. The summed E-state index contributed by atoms with van der Waals surface area (Å²) in [7, 11) is 0. The number of benzene rings is 2. The van der Waals surface area contributed by atoms with Crippen molar-refractivity contribution in [2.24, 2.45) is 0 Å². The molecule has 7 heteroatoms. The SMILES string of the molecule is CCOC(=O)c1c(-c2ccc(CC)cc2)csc1NC(=O)/C(C#N)=C/c1ccc(Cl)cc1. The molecule has 0 unspecified atom stereocenters. The average molecular weight is 465 g/mol. The minimum Gasteiger partial charge on any atom is -0.462 e. The second-order valence-corrected chi connectivity index (χ2v) is 8.12. The maximum absolute atomic E-state index is 12.8. The first-order valence-electron chi connectivity index (χ1n) is 10.0. The molecule has 0 atom stereocenters. The lowest BCUT2D eigenvalue weighted by Crippen LogP contribution is -2.16. The number of hydrogen-bond donors (Lipinski definition) is 1. The molecule has 0 aliphatic rings. The highest BCUT2D eigenvalue weighted by Gasteiger charge is 2.23. The summed E-state index contributed by atoms with van der Waals surface area (Å²) in [4.78, 5) is 25.5. The van der Waals surface area contributed by atoms with E-state index in [4.69, 9.17) is 16.3 Å². The minimum absolute atomic E-state index is 0.0932. The predicted molar refractivity (Wildman–Crippen MR) is 129 cm³/mol. The Balaban J connectivity index is 1.95. The van der Waals surface area contributed by atoms with Crippen molar-refractivity contribution in [3.63, 3.8) is 0 Å². The number of rotatable bonds is 7. The van der Waals surface area contributed by atoms with E-state index < -0.39 is 11.9 Å². The Morgan fingerprint density at radius 3 is 2.41 bits per heavy atom. The number of hydrogen-bond acceptors (Lipinski definition) is 5. The Kier molecular flexibility index (Phi) is 7.82. The molecule has 0 radical (unpaired) electrons. The highest BCUT2D eigenvalue weighted by Crippen LogP contribution is 2.36. The van der Waals surface area contributed by atoms with E-state index in [0.29, 0.717) is 21.2 Å². The molecule has 0 saturated carbocycles. The number of nitrogens with one attached hydrogen (secondary N) is 1. The Morgan fingerprint density at radius 2 is 1.81 bits per heavy atom. The predicted octanol–water partition coefficient (Wildman–Crippen LogP) is 6.35. The number of thiophene rings is 1. The third-order valence-corrected chi connectivity index (χ3v) is 5.86. The van der Waals surface area contributed by atoms with Gasteiger partial charge in [0.15, 0.2) is 0 Å². The first-order valence-corrected chi connectivity index (χ1v) is 11.3. The first kappa shape index (κ1) is 23.3. The highest BCUT2D eigenvalue weighted by molar-refractivity contribution is 7.15. The molecule has 0 fully saturated rings. The molecule has 2 aromatic carbocycles. The van der Waals surface area contributed by atoms with Gasteiger partial charge in [0.1, 0.15) is 22.2 Å². The van der Waals surface area contributed by atoms with Crippen molar-refractivity contribution in [3.8, 4) is 17.2 Å². The van der Waals surface area contributed by atoms with E-state index in [0.717, 1.165) is 12.0 Å². The molecule has 0 spiro atoms. The monoisotopic (exact) mass is 464 g/mol. The lowest BCUT2D eigenvalue weighted by molar-refractivity contribution is -0.112. The van der Waals surface area contributed by atoms with Crippen molar-refractivity contribution in [1.82, 2.24) is 0 Å². The highest BCUT2D eigenvalue weighted by atomic mass is 35.5. The van der Waals surface area contributed by atoms with Crippen LogP contribution in [-0.4, -0.2) is 18.5 Å². The molecule has 3 rings (SSSR count). The average Bonchev–Trinajstić information content (AvgIpc) is 3.22. The van der Waals surface area contributed by atoms with Gasteiger partial charge in [0.05, 0.1) is 6.61 Å². The molecule has 0 aliphatic carbocycles. The summed E-state index contributed by atoms with van der Waals surface area (Å²) in [5, 5.41) is 14.9. The standard InChI is InChI=1S/C25H21ClN2O3S/c1-3-16-5-9-18(10-6-16)21-15-32-24(22(21)25(30)31-4-2)28-23(29)19(14-27)13-17-7-11-20(26)12-8-17/h5-13,15H,3-4H2,1-2H3,(H,28,29)/b19-13+. The van der Waals surface area contributed by atoms with Gasteiger partial charge in [-0.1, -0.05) is 54.9 Å². The molecule has 3 aromatic rings. The van der Waals surface area contributed by atoms with Crippen LogP contribution in [0.15, 0.2) is 59.5 Å². The molecular formula is C25H21ClN2O3S. The van der Waals surface area contributed by atoms with E-state index in [1.54, 1.807) is 36.6 Å². The van der Waals surface area contributed by atoms with Crippen LogP contribution in [0.4, 0.5) is 5.00 Å². The maximum atomic E-state index is 12.8. The van der Waals surface area contributed by atoms with Crippen molar-refractivity contribution >= 4 is 45.9 Å². The quantitative estimate of drug-likeness (QED) is 0.251. The van der Waals surface area contributed by atoms with Gasteiger partial charge in [-0.15, -0.1) is 11.3 Å². The number of ether oxygens (including phenoxy) is 1. The maximum Gasteiger partial charge on any atom is 0.341 e. The van der Waals surface area contributed by atoms with Gasteiger partial charge in [-0.25, -0.2) is 4.79 Å². The minimum atomic E-state index is -0.609. The van der Waals surface area contributed by atoms with Gasteiger partial charge in [0.2, 0.25) is 0 Å². The van der Waals surface area contributed by atoms with Crippen LogP contribution in [0.3, 0.4) is 0 Å². The number of halogens is 1. The Labute approximate surface area is 195 Å². The fourth-order valence-electron chi connectivity index (χ4n) is 3.03. The Morgan fingerprint density at radius 1 is 1.12 bits per heavy atom. The van der Waals surface area contributed by atoms with Crippen LogP contribution >= 0.6 is 22.9 Å². The van der Waals surface area contributed by atoms with Crippen LogP contribution in [0.2, 0.25) is 5.02 Å². The smallest absolute Gasteiger partial charge is 0.341 e. The van der Waals surface area contributed by atoms with E-state index in [1.807, 2.05) is 30.3 Å².